The van der Waals surface area contributed by atoms with Crippen LogP contribution in [0.2, 0.25) is 0 Å². The molecular weight excluding hydrogens is 679 g/mol. The van der Waals surface area contributed by atoms with Crippen LogP contribution in [0.3, 0.4) is 0 Å². The summed E-state index contributed by atoms with van der Waals surface area (Å²) in [5.41, 5.74) is 12.2. The molecule has 0 fully saturated rings. The Balaban J connectivity index is 1.11. The lowest BCUT2D eigenvalue weighted by atomic mass is 9.91. The Hall–Kier alpha value is -7.49. The average Bonchev–Trinajstić information content (AvgIpc) is 3.29. The number of rotatable bonds is 7. The average molecular weight is 714 g/mol. The molecule has 0 aliphatic heterocycles. The van der Waals surface area contributed by atoms with Crippen LogP contribution in [0.5, 0.6) is 0 Å². The molecule has 0 saturated carbocycles. The van der Waals surface area contributed by atoms with E-state index >= 15 is 0 Å². The summed E-state index contributed by atoms with van der Waals surface area (Å²) in [6.45, 7) is 0. The molecule has 0 amide bonds. The van der Waals surface area contributed by atoms with E-state index in [0.717, 1.165) is 44.3 Å². The fourth-order valence-corrected chi connectivity index (χ4v) is 7.75. The fraction of sp³-hybridized carbons (Fsp3) is 0. The molecule has 9 aromatic carbocycles. The van der Waals surface area contributed by atoms with Crippen LogP contribution in [0.1, 0.15) is 0 Å². The maximum Gasteiger partial charge on any atom is 0.164 e. The van der Waals surface area contributed by atoms with E-state index in [0.29, 0.717) is 17.5 Å². The zero-order valence-electron chi connectivity index (χ0n) is 30.5. The Kier molecular flexibility index (Phi) is 8.51. The first-order valence-corrected chi connectivity index (χ1v) is 18.9. The highest BCUT2D eigenvalue weighted by Crippen LogP contribution is 2.38. The molecule has 0 radical (unpaired) electrons. The smallest absolute Gasteiger partial charge is 0.164 e. The first-order valence-electron chi connectivity index (χ1n) is 18.9. The summed E-state index contributed by atoms with van der Waals surface area (Å²) in [5, 5.41) is 4.73. The van der Waals surface area contributed by atoms with Crippen LogP contribution in [0, 0.1) is 0 Å². The van der Waals surface area contributed by atoms with E-state index < -0.39 is 0 Å². The van der Waals surface area contributed by atoms with Gasteiger partial charge in [-0.2, -0.15) is 0 Å². The Bertz CT molecular complexity index is 2990. The zero-order valence-corrected chi connectivity index (χ0v) is 30.5. The van der Waals surface area contributed by atoms with Crippen LogP contribution in [0.4, 0.5) is 0 Å². The van der Waals surface area contributed by atoms with Crippen LogP contribution in [0.25, 0.3) is 100 Å². The van der Waals surface area contributed by atoms with Gasteiger partial charge >= 0.3 is 0 Å². The van der Waals surface area contributed by atoms with Gasteiger partial charge in [-0.3, -0.25) is 0 Å². The third-order valence-electron chi connectivity index (χ3n) is 10.5. The number of fused-ring (bicyclic) bond motifs is 2. The molecule has 56 heavy (non-hydrogen) atoms. The molecule has 0 N–H and O–H groups in total. The molecule has 10 aromatic rings. The van der Waals surface area contributed by atoms with Crippen molar-refractivity contribution in [2.45, 2.75) is 0 Å². The second-order valence-corrected chi connectivity index (χ2v) is 14.0. The molecule has 0 spiro atoms. The molecule has 0 saturated heterocycles. The third-order valence-corrected chi connectivity index (χ3v) is 10.5. The van der Waals surface area contributed by atoms with E-state index in [1.54, 1.807) is 0 Å². The first kappa shape index (κ1) is 33.1. The molecular formula is C53H35N3. The van der Waals surface area contributed by atoms with Gasteiger partial charge in [-0.05, 0) is 84.3 Å². The monoisotopic (exact) mass is 713 g/mol. The van der Waals surface area contributed by atoms with Gasteiger partial charge in [0.25, 0.3) is 0 Å². The molecule has 1 heterocycles. The van der Waals surface area contributed by atoms with Crippen molar-refractivity contribution >= 4 is 21.5 Å². The summed E-state index contributed by atoms with van der Waals surface area (Å²) in [4.78, 5) is 15.5. The fourth-order valence-electron chi connectivity index (χ4n) is 7.75. The van der Waals surface area contributed by atoms with Crippen LogP contribution in [0.15, 0.2) is 212 Å². The van der Waals surface area contributed by atoms with Gasteiger partial charge in [-0.1, -0.05) is 194 Å². The van der Waals surface area contributed by atoms with Crippen molar-refractivity contribution in [1.82, 2.24) is 15.0 Å². The molecule has 10 rings (SSSR count). The van der Waals surface area contributed by atoms with Crippen molar-refractivity contribution in [3.05, 3.63) is 212 Å². The van der Waals surface area contributed by atoms with Crippen molar-refractivity contribution in [2.75, 3.05) is 0 Å². The highest BCUT2D eigenvalue weighted by Gasteiger charge is 2.17. The van der Waals surface area contributed by atoms with E-state index in [2.05, 4.69) is 194 Å². The van der Waals surface area contributed by atoms with Gasteiger partial charge in [0.15, 0.2) is 17.5 Å². The van der Waals surface area contributed by atoms with E-state index in [4.69, 9.17) is 15.0 Å². The number of nitrogens with zero attached hydrogens (tertiary/aromatic N) is 3. The lowest BCUT2D eigenvalue weighted by Crippen LogP contribution is -2.00. The number of hydrogen-bond acceptors (Lipinski definition) is 3. The predicted molar refractivity (Wildman–Crippen MR) is 233 cm³/mol. The quantitative estimate of drug-likeness (QED) is 0.165. The zero-order chi connectivity index (χ0) is 37.3. The van der Waals surface area contributed by atoms with Gasteiger partial charge in [-0.25, -0.2) is 15.0 Å². The van der Waals surface area contributed by atoms with E-state index in [1.807, 2.05) is 18.2 Å². The standard InChI is InChI=1S/C53H35N3/c1-4-15-36(16-5-1)37-27-29-39(30-28-37)50-35-44(34-41-21-10-11-24-45(41)50)53-55-51(40-19-8-3-9-20-40)54-52(56-53)43-23-14-22-42(33-43)47-32-31-46(38-17-6-2-7-18-38)48-25-12-13-26-49(47)48/h1-35H. The normalized spacial score (nSPS) is 11.2. The molecule has 0 bridgehead atoms. The molecule has 0 aliphatic rings. The van der Waals surface area contributed by atoms with Gasteiger partial charge < -0.3 is 0 Å². The number of aromatic nitrogens is 3. The summed E-state index contributed by atoms with van der Waals surface area (Å²) in [6.07, 6.45) is 0. The summed E-state index contributed by atoms with van der Waals surface area (Å²) in [6, 6.07) is 74.8. The first-order chi connectivity index (χ1) is 27.7. The summed E-state index contributed by atoms with van der Waals surface area (Å²) < 4.78 is 0. The molecule has 3 nitrogen and oxygen atoms in total. The van der Waals surface area contributed by atoms with E-state index in [-0.39, 0.29) is 0 Å². The second kappa shape index (κ2) is 14.4. The minimum absolute atomic E-state index is 0.628. The van der Waals surface area contributed by atoms with E-state index in [1.165, 1.54) is 38.4 Å². The Morgan fingerprint density at radius 2 is 0.643 bits per heavy atom. The second-order valence-electron chi connectivity index (χ2n) is 14.0. The van der Waals surface area contributed by atoms with Gasteiger partial charge in [0.1, 0.15) is 0 Å². The van der Waals surface area contributed by atoms with Crippen LogP contribution in [-0.4, -0.2) is 15.0 Å². The topological polar surface area (TPSA) is 38.7 Å². The molecule has 0 atom stereocenters. The minimum atomic E-state index is 0.628. The predicted octanol–water partition coefficient (Wildman–Crippen LogP) is 13.8. The van der Waals surface area contributed by atoms with Crippen molar-refractivity contribution in [1.29, 1.82) is 0 Å². The van der Waals surface area contributed by atoms with Gasteiger partial charge in [-0.15, -0.1) is 0 Å². The molecule has 262 valence electrons. The maximum absolute atomic E-state index is 5.22. The van der Waals surface area contributed by atoms with E-state index in [9.17, 15) is 0 Å². The molecule has 3 heteroatoms. The van der Waals surface area contributed by atoms with Crippen LogP contribution < -0.4 is 0 Å². The largest absolute Gasteiger partial charge is 0.208 e. The third kappa shape index (κ3) is 6.31. The van der Waals surface area contributed by atoms with Gasteiger partial charge in [0, 0.05) is 16.7 Å². The SMILES string of the molecule is c1ccc(-c2ccc(-c3cc(-c4nc(-c5ccccc5)nc(-c5cccc(-c6ccc(-c7ccccc7)c7ccccc67)c5)n4)cc4ccccc34)cc2)cc1. The van der Waals surface area contributed by atoms with Crippen molar-refractivity contribution in [3.8, 4) is 78.7 Å². The Morgan fingerprint density at radius 1 is 0.214 bits per heavy atom. The van der Waals surface area contributed by atoms with Crippen LogP contribution >= 0.6 is 0 Å². The van der Waals surface area contributed by atoms with Gasteiger partial charge in [0.2, 0.25) is 0 Å². The van der Waals surface area contributed by atoms with Crippen molar-refractivity contribution in [3.63, 3.8) is 0 Å². The summed E-state index contributed by atoms with van der Waals surface area (Å²) in [5.74, 6) is 1.89. The van der Waals surface area contributed by atoms with Gasteiger partial charge in [0.05, 0.1) is 0 Å². The summed E-state index contributed by atoms with van der Waals surface area (Å²) >= 11 is 0. The Morgan fingerprint density at radius 3 is 1.30 bits per heavy atom. The number of benzene rings is 9. The van der Waals surface area contributed by atoms with Crippen molar-refractivity contribution in [2.24, 2.45) is 0 Å². The Labute approximate surface area is 326 Å². The number of hydrogen-bond donors (Lipinski definition) is 0. The van der Waals surface area contributed by atoms with Crippen LogP contribution in [-0.2, 0) is 0 Å². The highest BCUT2D eigenvalue weighted by atomic mass is 15.0. The lowest BCUT2D eigenvalue weighted by molar-refractivity contribution is 1.07. The highest BCUT2D eigenvalue weighted by molar-refractivity contribution is 6.05. The molecule has 1 aromatic heterocycles. The lowest BCUT2D eigenvalue weighted by Gasteiger charge is -2.14. The maximum atomic E-state index is 5.22. The molecule has 0 unspecified atom stereocenters. The minimum Gasteiger partial charge on any atom is -0.208 e. The molecule has 0 aliphatic carbocycles. The van der Waals surface area contributed by atoms with Crippen molar-refractivity contribution < 1.29 is 0 Å². The summed E-state index contributed by atoms with van der Waals surface area (Å²) in [7, 11) is 0.